The molecule has 0 fully saturated rings. The Hall–Kier alpha value is -1.58. The molecule has 14 heavy (non-hydrogen) atoms. The van der Waals surface area contributed by atoms with Gasteiger partial charge in [-0.1, -0.05) is 6.07 Å². The van der Waals surface area contributed by atoms with Crippen LogP contribution >= 0.6 is 0 Å². The zero-order valence-corrected chi connectivity index (χ0v) is 8.16. The number of nitrogens with one attached hydrogen (secondary N) is 1. The smallest absolute Gasteiger partial charge is 0.219 e. The minimum atomic E-state index is 0.114. The zero-order valence-electron chi connectivity index (χ0n) is 8.16. The van der Waals surface area contributed by atoms with E-state index >= 15 is 0 Å². The Morgan fingerprint density at radius 3 is 3.29 bits per heavy atom. The van der Waals surface area contributed by atoms with E-state index in [9.17, 15) is 4.79 Å². The first-order chi connectivity index (χ1) is 6.77. The van der Waals surface area contributed by atoms with E-state index in [0.29, 0.717) is 6.54 Å². The highest BCUT2D eigenvalue weighted by atomic mass is 16.2. The fourth-order valence-electron chi connectivity index (χ4n) is 1.59. The molecule has 1 aliphatic heterocycles. The molecule has 4 nitrogen and oxygen atoms in total. The van der Waals surface area contributed by atoms with Gasteiger partial charge in [0.15, 0.2) is 0 Å². The standard InChI is InChI=1S/C10H13N3O/c1-8(14)13-6-5-12-10-9(7-13)3-2-4-11-10/h2-4H,5-7H2,1H3,(H,11,12). The molecule has 0 saturated carbocycles. The number of amides is 1. The van der Waals surface area contributed by atoms with Crippen molar-refractivity contribution < 1.29 is 4.79 Å². The van der Waals surface area contributed by atoms with Gasteiger partial charge in [-0.2, -0.15) is 0 Å². The molecule has 4 heteroatoms. The first-order valence-electron chi connectivity index (χ1n) is 4.70. The molecule has 0 radical (unpaired) electrons. The quantitative estimate of drug-likeness (QED) is 0.661. The lowest BCUT2D eigenvalue weighted by molar-refractivity contribution is -0.129. The van der Waals surface area contributed by atoms with Crippen molar-refractivity contribution >= 4 is 11.7 Å². The van der Waals surface area contributed by atoms with Crippen LogP contribution in [0.5, 0.6) is 0 Å². The monoisotopic (exact) mass is 191 g/mol. The van der Waals surface area contributed by atoms with Crippen LogP contribution in [0, 0.1) is 0 Å². The summed E-state index contributed by atoms with van der Waals surface area (Å²) in [4.78, 5) is 17.3. The van der Waals surface area contributed by atoms with Crippen molar-refractivity contribution in [2.24, 2.45) is 0 Å². The molecular formula is C10H13N3O. The molecular weight excluding hydrogens is 178 g/mol. The van der Waals surface area contributed by atoms with Crippen LogP contribution in [0.25, 0.3) is 0 Å². The number of anilines is 1. The van der Waals surface area contributed by atoms with Gasteiger partial charge in [-0.25, -0.2) is 4.98 Å². The Morgan fingerprint density at radius 2 is 2.50 bits per heavy atom. The van der Waals surface area contributed by atoms with Gasteiger partial charge in [0.25, 0.3) is 0 Å². The fourth-order valence-corrected chi connectivity index (χ4v) is 1.59. The SMILES string of the molecule is CC(=O)N1CCNc2ncccc2C1. The Balaban J connectivity index is 2.26. The first-order valence-corrected chi connectivity index (χ1v) is 4.70. The molecule has 0 aliphatic carbocycles. The highest BCUT2D eigenvalue weighted by Crippen LogP contribution is 2.16. The molecule has 0 aromatic carbocycles. The molecule has 1 aliphatic rings. The second kappa shape index (κ2) is 3.65. The molecule has 0 spiro atoms. The van der Waals surface area contributed by atoms with E-state index in [1.54, 1.807) is 13.1 Å². The maximum absolute atomic E-state index is 11.2. The van der Waals surface area contributed by atoms with Gasteiger partial charge in [-0.15, -0.1) is 0 Å². The van der Waals surface area contributed by atoms with Gasteiger partial charge in [0.2, 0.25) is 5.91 Å². The summed E-state index contributed by atoms with van der Waals surface area (Å²) in [5, 5.41) is 3.20. The van der Waals surface area contributed by atoms with E-state index < -0.39 is 0 Å². The van der Waals surface area contributed by atoms with E-state index in [2.05, 4.69) is 10.3 Å². The summed E-state index contributed by atoms with van der Waals surface area (Å²) in [7, 11) is 0. The number of hydrogen-bond donors (Lipinski definition) is 1. The number of pyridine rings is 1. The van der Waals surface area contributed by atoms with Crippen molar-refractivity contribution in [3.8, 4) is 0 Å². The van der Waals surface area contributed by atoms with E-state index in [1.807, 2.05) is 17.0 Å². The summed E-state index contributed by atoms with van der Waals surface area (Å²) in [6.45, 7) is 3.77. The summed E-state index contributed by atoms with van der Waals surface area (Å²) in [5.74, 6) is 1.01. The molecule has 0 saturated heterocycles. The number of nitrogens with zero attached hydrogens (tertiary/aromatic N) is 2. The van der Waals surface area contributed by atoms with Gasteiger partial charge in [-0.05, 0) is 6.07 Å². The molecule has 74 valence electrons. The maximum Gasteiger partial charge on any atom is 0.219 e. The Bertz CT molecular complexity index is 351. The van der Waals surface area contributed by atoms with Crippen molar-refractivity contribution in [3.63, 3.8) is 0 Å². The first kappa shape index (κ1) is 8.99. The summed E-state index contributed by atoms with van der Waals surface area (Å²) < 4.78 is 0. The topological polar surface area (TPSA) is 45.2 Å². The van der Waals surface area contributed by atoms with E-state index in [4.69, 9.17) is 0 Å². The normalized spacial score (nSPS) is 15.4. The van der Waals surface area contributed by atoms with E-state index in [1.165, 1.54) is 0 Å². The summed E-state index contributed by atoms with van der Waals surface area (Å²) >= 11 is 0. The number of hydrogen-bond acceptors (Lipinski definition) is 3. The summed E-state index contributed by atoms with van der Waals surface area (Å²) in [5.41, 5.74) is 1.08. The second-order valence-electron chi connectivity index (χ2n) is 3.38. The van der Waals surface area contributed by atoms with Crippen molar-refractivity contribution in [1.29, 1.82) is 0 Å². The minimum Gasteiger partial charge on any atom is -0.368 e. The van der Waals surface area contributed by atoms with Gasteiger partial charge in [0.1, 0.15) is 5.82 Å². The van der Waals surface area contributed by atoms with Crippen LogP contribution in [0.4, 0.5) is 5.82 Å². The molecule has 1 amide bonds. The third-order valence-corrected chi connectivity index (χ3v) is 2.37. The number of rotatable bonds is 0. The summed E-state index contributed by atoms with van der Waals surface area (Å²) in [6.07, 6.45) is 1.76. The van der Waals surface area contributed by atoms with Crippen LogP contribution in [0.3, 0.4) is 0 Å². The molecule has 2 heterocycles. The van der Waals surface area contributed by atoms with Crippen LogP contribution in [0.15, 0.2) is 18.3 Å². The largest absolute Gasteiger partial charge is 0.368 e. The highest BCUT2D eigenvalue weighted by Gasteiger charge is 2.15. The van der Waals surface area contributed by atoms with E-state index in [0.717, 1.165) is 24.5 Å². The van der Waals surface area contributed by atoms with Gasteiger partial charge in [-0.3, -0.25) is 4.79 Å². The Morgan fingerprint density at radius 1 is 1.64 bits per heavy atom. The molecule has 0 atom stereocenters. The fraction of sp³-hybridized carbons (Fsp3) is 0.400. The van der Waals surface area contributed by atoms with Crippen LogP contribution < -0.4 is 5.32 Å². The Labute approximate surface area is 82.9 Å². The number of fused-ring (bicyclic) bond motifs is 1. The lowest BCUT2D eigenvalue weighted by Gasteiger charge is -2.17. The van der Waals surface area contributed by atoms with Crippen molar-refractivity contribution in [2.45, 2.75) is 13.5 Å². The van der Waals surface area contributed by atoms with Crippen LogP contribution in [-0.2, 0) is 11.3 Å². The Kier molecular flexibility index (Phi) is 2.35. The van der Waals surface area contributed by atoms with Gasteiger partial charge < -0.3 is 10.2 Å². The maximum atomic E-state index is 11.2. The van der Waals surface area contributed by atoms with Crippen LogP contribution in [0.1, 0.15) is 12.5 Å². The predicted molar refractivity (Wildman–Crippen MR) is 53.8 cm³/mol. The molecule has 1 aromatic rings. The zero-order chi connectivity index (χ0) is 9.97. The number of aromatic nitrogens is 1. The van der Waals surface area contributed by atoms with Gasteiger partial charge in [0.05, 0.1) is 0 Å². The average molecular weight is 191 g/mol. The minimum absolute atomic E-state index is 0.114. The van der Waals surface area contributed by atoms with Crippen LogP contribution in [0.2, 0.25) is 0 Å². The average Bonchev–Trinajstić information content (AvgIpc) is 2.39. The molecule has 0 unspecified atom stereocenters. The lowest BCUT2D eigenvalue weighted by Crippen LogP contribution is -2.30. The third-order valence-electron chi connectivity index (χ3n) is 2.37. The molecule has 1 aromatic heterocycles. The van der Waals surface area contributed by atoms with Crippen molar-refractivity contribution in [1.82, 2.24) is 9.88 Å². The molecule has 0 bridgehead atoms. The third kappa shape index (κ3) is 1.69. The lowest BCUT2D eigenvalue weighted by atomic mass is 10.2. The predicted octanol–water partition coefficient (Wildman–Crippen LogP) is 0.856. The number of carbonyl (C=O) groups excluding carboxylic acids is 1. The van der Waals surface area contributed by atoms with Gasteiger partial charge in [0, 0.05) is 38.3 Å². The van der Waals surface area contributed by atoms with Crippen LogP contribution in [-0.4, -0.2) is 28.9 Å². The highest BCUT2D eigenvalue weighted by molar-refractivity contribution is 5.73. The van der Waals surface area contributed by atoms with Crippen molar-refractivity contribution in [3.05, 3.63) is 23.9 Å². The molecule has 2 rings (SSSR count). The summed E-state index contributed by atoms with van der Waals surface area (Å²) in [6, 6.07) is 3.89. The molecule has 1 N–H and O–H groups in total. The second-order valence-corrected chi connectivity index (χ2v) is 3.38. The van der Waals surface area contributed by atoms with E-state index in [-0.39, 0.29) is 5.91 Å². The van der Waals surface area contributed by atoms with Gasteiger partial charge >= 0.3 is 0 Å². The number of carbonyl (C=O) groups is 1. The van der Waals surface area contributed by atoms with Crippen molar-refractivity contribution in [2.75, 3.05) is 18.4 Å².